The van der Waals surface area contributed by atoms with E-state index in [4.69, 9.17) is 0 Å². The van der Waals surface area contributed by atoms with Crippen LogP contribution < -0.4 is 9.71 Å². The molecule has 0 aliphatic carbocycles. The lowest BCUT2D eigenvalue weighted by Crippen LogP contribution is -2.20. The van der Waals surface area contributed by atoms with E-state index in [1.165, 1.54) is 0 Å². The zero-order valence-electron chi connectivity index (χ0n) is 14.1. The number of anilines is 1. The number of rotatable bonds is 3. The molecular formula is C17H21N4O2S+. The summed E-state index contributed by atoms with van der Waals surface area (Å²) in [5.41, 5.74) is 2.34. The van der Waals surface area contributed by atoms with Gasteiger partial charge in [0.05, 0.1) is 0 Å². The molecule has 2 aromatic heterocycles. The van der Waals surface area contributed by atoms with Gasteiger partial charge in [0.2, 0.25) is 5.82 Å². The van der Waals surface area contributed by atoms with Gasteiger partial charge in [-0.25, -0.2) is 4.98 Å². The quantitative estimate of drug-likeness (QED) is 0.765. The maximum absolute atomic E-state index is 12.5. The van der Waals surface area contributed by atoms with Crippen LogP contribution in [-0.4, -0.2) is 18.4 Å². The third-order valence-corrected chi connectivity index (χ3v) is 5.07. The van der Waals surface area contributed by atoms with Gasteiger partial charge in [-0.15, -0.1) is 0 Å². The van der Waals surface area contributed by atoms with Crippen LogP contribution in [-0.2, 0) is 15.4 Å². The molecule has 3 aromatic rings. The third-order valence-electron chi connectivity index (χ3n) is 3.69. The van der Waals surface area contributed by atoms with Crippen molar-refractivity contribution in [3.05, 3.63) is 47.8 Å². The Labute approximate surface area is 141 Å². The number of imidazole rings is 1. The number of aryl methyl sites for hydroxylation is 1. The van der Waals surface area contributed by atoms with Crippen LogP contribution in [0.1, 0.15) is 32.2 Å². The van der Waals surface area contributed by atoms with Crippen LogP contribution in [0.2, 0.25) is 0 Å². The summed E-state index contributed by atoms with van der Waals surface area (Å²) in [5.74, 6) is 1.21. The van der Waals surface area contributed by atoms with Gasteiger partial charge in [-0.05, 0) is 25.1 Å². The molecule has 0 spiro atoms. The normalized spacial score (nSPS) is 12.5. The van der Waals surface area contributed by atoms with E-state index in [-0.39, 0.29) is 10.3 Å². The lowest BCUT2D eigenvalue weighted by molar-refractivity contribution is -0.329. The summed E-state index contributed by atoms with van der Waals surface area (Å²) in [7, 11) is -3.64. The van der Waals surface area contributed by atoms with Crippen LogP contribution in [0.25, 0.3) is 11.2 Å². The van der Waals surface area contributed by atoms with Gasteiger partial charge in [0.1, 0.15) is 10.4 Å². The SMILES string of the molecule is Cc1ccc(S(=O)(=O)Nc2ccc3[nH]c(C(C)(C)C)nc3[nH+]2)cc1. The topological polar surface area (TPSA) is 89.0 Å². The molecule has 3 rings (SSSR count). The Morgan fingerprint density at radius 3 is 2.38 bits per heavy atom. The number of pyridine rings is 1. The first-order valence-corrected chi connectivity index (χ1v) is 9.15. The molecule has 0 unspecified atom stereocenters. The molecule has 0 atom stereocenters. The van der Waals surface area contributed by atoms with Crippen LogP contribution in [0.4, 0.5) is 5.82 Å². The van der Waals surface area contributed by atoms with Gasteiger partial charge in [-0.1, -0.05) is 43.5 Å². The summed E-state index contributed by atoms with van der Waals surface area (Å²) in [6.45, 7) is 8.10. The largest absolute Gasteiger partial charge is 0.324 e. The van der Waals surface area contributed by atoms with Crippen molar-refractivity contribution in [1.82, 2.24) is 9.97 Å². The van der Waals surface area contributed by atoms with E-state index in [2.05, 4.69) is 40.4 Å². The maximum Gasteiger partial charge on any atom is 0.306 e. The second-order valence-electron chi connectivity index (χ2n) is 6.89. The summed E-state index contributed by atoms with van der Waals surface area (Å²) < 4.78 is 27.5. The van der Waals surface area contributed by atoms with Crippen molar-refractivity contribution in [2.24, 2.45) is 0 Å². The molecule has 6 nitrogen and oxygen atoms in total. The Morgan fingerprint density at radius 2 is 1.75 bits per heavy atom. The van der Waals surface area contributed by atoms with E-state index in [1.54, 1.807) is 36.4 Å². The molecule has 1 aromatic carbocycles. The molecule has 0 fully saturated rings. The summed E-state index contributed by atoms with van der Waals surface area (Å²) in [5, 5.41) is 0. The minimum absolute atomic E-state index is 0.117. The van der Waals surface area contributed by atoms with Crippen molar-refractivity contribution in [3.63, 3.8) is 0 Å². The van der Waals surface area contributed by atoms with Gasteiger partial charge < -0.3 is 4.98 Å². The van der Waals surface area contributed by atoms with Gasteiger partial charge in [0, 0.05) is 11.5 Å². The monoisotopic (exact) mass is 345 g/mol. The second-order valence-corrected chi connectivity index (χ2v) is 8.57. The average Bonchev–Trinajstić information content (AvgIpc) is 2.90. The number of aromatic amines is 2. The number of fused-ring (bicyclic) bond motifs is 1. The second kappa shape index (κ2) is 5.59. The fraction of sp³-hybridized carbons (Fsp3) is 0.294. The van der Waals surface area contributed by atoms with Crippen molar-refractivity contribution >= 4 is 27.0 Å². The molecule has 0 radical (unpaired) electrons. The van der Waals surface area contributed by atoms with E-state index in [9.17, 15) is 8.42 Å². The standard InChI is InChI=1S/C17H20N4O2S/c1-11-5-7-12(8-6-11)24(22,23)21-14-10-9-13-15(19-14)20-16(18-13)17(2,3)4/h5-10H,1-4H3,(H2,18,19,20,21)/p+1. The molecule has 0 saturated carbocycles. The van der Waals surface area contributed by atoms with E-state index < -0.39 is 10.0 Å². The Morgan fingerprint density at radius 1 is 1.08 bits per heavy atom. The van der Waals surface area contributed by atoms with E-state index >= 15 is 0 Å². The highest BCUT2D eigenvalue weighted by Crippen LogP contribution is 2.21. The van der Waals surface area contributed by atoms with Crippen LogP contribution >= 0.6 is 0 Å². The van der Waals surface area contributed by atoms with Crippen molar-refractivity contribution in [2.45, 2.75) is 38.0 Å². The summed E-state index contributed by atoms with van der Waals surface area (Å²) in [6.07, 6.45) is 0. The maximum atomic E-state index is 12.5. The summed E-state index contributed by atoms with van der Waals surface area (Å²) in [6, 6.07) is 10.2. The molecule has 0 amide bonds. The van der Waals surface area contributed by atoms with Gasteiger partial charge in [-0.3, -0.25) is 0 Å². The first-order chi connectivity index (χ1) is 11.1. The van der Waals surface area contributed by atoms with Gasteiger partial charge in [0.25, 0.3) is 5.65 Å². The highest BCUT2D eigenvalue weighted by molar-refractivity contribution is 7.92. The van der Waals surface area contributed by atoms with Crippen molar-refractivity contribution in [2.75, 3.05) is 4.72 Å². The fourth-order valence-corrected chi connectivity index (χ4v) is 3.30. The molecule has 7 heteroatoms. The van der Waals surface area contributed by atoms with E-state index in [1.807, 2.05) is 6.92 Å². The number of nitrogens with one attached hydrogen (secondary N) is 3. The molecule has 0 aliphatic rings. The number of sulfonamides is 1. The molecule has 0 aliphatic heterocycles. The number of aromatic nitrogens is 3. The van der Waals surface area contributed by atoms with Crippen molar-refractivity contribution in [1.29, 1.82) is 0 Å². The number of H-pyrrole nitrogens is 2. The summed E-state index contributed by atoms with van der Waals surface area (Å²) >= 11 is 0. The zero-order valence-corrected chi connectivity index (χ0v) is 15.0. The smallest absolute Gasteiger partial charge is 0.306 e. The zero-order chi connectivity index (χ0) is 17.5. The Hall–Kier alpha value is -2.41. The average molecular weight is 345 g/mol. The molecule has 0 bridgehead atoms. The number of hydrogen-bond donors (Lipinski definition) is 2. The van der Waals surface area contributed by atoms with Gasteiger partial charge in [-0.2, -0.15) is 13.1 Å². The molecule has 24 heavy (non-hydrogen) atoms. The molecule has 0 saturated heterocycles. The minimum Gasteiger partial charge on any atom is -0.324 e. The predicted octanol–water partition coefficient (Wildman–Crippen LogP) is 2.78. The van der Waals surface area contributed by atoms with Crippen molar-refractivity contribution < 1.29 is 13.4 Å². The van der Waals surface area contributed by atoms with Gasteiger partial charge >= 0.3 is 10.0 Å². The van der Waals surface area contributed by atoms with Crippen LogP contribution in [0.15, 0.2) is 41.3 Å². The van der Waals surface area contributed by atoms with Crippen molar-refractivity contribution in [3.8, 4) is 0 Å². The number of nitrogens with zero attached hydrogens (tertiary/aromatic N) is 1. The number of hydrogen-bond acceptors (Lipinski definition) is 3. The predicted molar refractivity (Wildman–Crippen MR) is 93.3 cm³/mol. The first-order valence-electron chi connectivity index (χ1n) is 7.67. The van der Waals surface area contributed by atoms with Crippen LogP contribution in [0, 0.1) is 6.92 Å². The third kappa shape index (κ3) is 3.26. The van der Waals surface area contributed by atoms with Gasteiger partial charge in [0.15, 0.2) is 5.82 Å². The molecule has 126 valence electrons. The molecule has 3 N–H and O–H groups in total. The van der Waals surface area contributed by atoms with E-state index in [0.717, 1.165) is 16.9 Å². The lowest BCUT2D eigenvalue weighted by Gasteiger charge is -2.10. The highest BCUT2D eigenvalue weighted by Gasteiger charge is 2.24. The Bertz CT molecular complexity index is 984. The first kappa shape index (κ1) is 16.4. The minimum atomic E-state index is -3.64. The van der Waals surface area contributed by atoms with E-state index in [0.29, 0.717) is 11.5 Å². The van der Waals surface area contributed by atoms with Crippen LogP contribution in [0.5, 0.6) is 0 Å². The number of benzene rings is 1. The Kier molecular flexibility index (Phi) is 3.83. The highest BCUT2D eigenvalue weighted by atomic mass is 32.2. The molecular weight excluding hydrogens is 324 g/mol. The van der Waals surface area contributed by atoms with Crippen LogP contribution in [0.3, 0.4) is 0 Å². The summed E-state index contributed by atoms with van der Waals surface area (Å²) in [4.78, 5) is 11.0. The lowest BCUT2D eigenvalue weighted by atomic mass is 9.96. The Balaban J connectivity index is 1.93. The fourth-order valence-electron chi connectivity index (χ4n) is 2.27. The molecule has 2 heterocycles.